The minimum atomic E-state index is -0.162. The minimum Gasteiger partial charge on any atom is -0.349 e. The maximum absolute atomic E-state index is 12.3. The van der Waals surface area contributed by atoms with Crippen molar-refractivity contribution < 1.29 is 9.59 Å². The van der Waals surface area contributed by atoms with Crippen molar-refractivity contribution >= 4 is 45.2 Å². The van der Waals surface area contributed by atoms with E-state index < -0.39 is 0 Å². The number of aromatic nitrogens is 4. The first-order valence-corrected chi connectivity index (χ1v) is 10.5. The Bertz CT molecular complexity index is 1010. The highest BCUT2D eigenvalue weighted by molar-refractivity contribution is 9.10. The van der Waals surface area contributed by atoms with Crippen LogP contribution < -0.4 is 10.6 Å². The van der Waals surface area contributed by atoms with E-state index in [9.17, 15) is 9.59 Å². The van der Waals surface area contributed by atoms with Crippen molar-refractivity contribution in [1.29, 1.82) is 0 Å². The van der Waals surface area contributed by atoms with Crippen molar-refractivity contribution in [2.45, 2.75) is 25.0 Å². The zero-order valence-corrected chi connectivity index (χ0v) is 18.2. The third-order valence-electron chi connectivity index (χ3n) is 3.93. The molecular weight excluding hydrogens is 456 g/mol. The lowest BCUT2D eigenvalue weighted by molar-refractivity contribution is -0.119. The smallest absolute Gasteiger partial charge is 0.230 e. The first-order valence-electron chi connectivity index (χ1n) is 8.76. The van der Waals surface area contributed by atoms with Gasteiger partial charge in [-0.1, -0.05) is 45.9 Å². The average Bonchev–Trinajstić information content (AvgIpc) is 3.15. The zero-order valence-electron chi connectivity index (χ0n) is 15.8. The number of hydrogen-bond acceptors (Lipinski definition) is 6. The molecule has 0 aliphatic rings. The zero-order chi connectivity index (χ0) is 20.8. The summed E-state index contributed by atoms with van der Waals surface area (Å²) < 4.78 is 2.52. The lowest BCUT2D eigenvalue weighted by Gasteiger charge is -2.14. The van der Waals surface area contributed by atoms with Crippen LogP contribution in [0.4, 0.5) is 5.69 Å². The van der Waals surface area contributed by atoms with Crippen LogP contribution in [0.2, 0.25) is 0 Å². The summed E-state index contributed by atoms with van der Waals surface area (Å²) in [6, 6.07) is 14.9. The van der Waals surface area contributed by atoms with E-state index >= 15 is 0 Å². The van der Waals surface area contributed by atoms with E-state index in [1.165, 1.54) is 23.4 Å². The molecule has 2 amide bonds. The molecule has 0 aliphatic heterocycles. The number of rotatable bonds is 7. The molecule has 29 heavy (non-hydrogen) atoms. The standard InChI is InChI=1S/C19H19BrN6O2S/c1-12(14-6-8-15(20)9-7-14)21-18(28)11-29-19-23-24-25-26(19)17-5-3-4-16(10-17)22-13(2)27/h3-10,12H,11H2,1-2H3,(H,21,28)(H,22,27). The molecule has 2 N–H and O–H groups in total. The van der Waals surface area contributed by atoms with Gasteiger partial charge in [0.15, 0.2) is 0 Å². The lowest BCUT2D eigenvalue weighted by atomic mass is 10.1. The van der Waals surface area contributed by atoms with Crippen molar-refractivity contribution in [3.8, 4) is 5.69 Å². The molecule has 8 nitrogen and oxygen atoms in total. The largest absolute Gasteiger partial charge is 0.349 e. The number of thioether (sulfide) groups is 1. The van der Waals surface area contributed by atoms with Gasteiger partial charge in [-0.15, -0.1) is 5.10 Å². The van der Waals surface area contributed by atoms with Gasteiger partial charge in [-0.25, -0.2) is 0 Å². The summed E-state index contributed by atoms with van der Waals surface area (Å²) in [6.45, 7) is 3.38. The van der Waals surface area contributed by atoms with Crippen molar-refractivity contribution in [3.63, 3.8) is 0 Å². The predicted molar refractivity (Wildman–Crippen MR) is 115 cm³/mol. The summed E-state index contributed by atoms with van der Waals surface area (Å²) in [4.78, 5) is 23.6. The van der Waals surface area contributed by atoms with Gasteiger partial charge in [0.1, 0.15) is 0 Å². The fourth-order valence-electron chi connectivity index (χ4n) is 2.60. The van der Waals surface area contributed by atoms with E-state index in [4.69, 9.17) is 0 Å². The first kappa shape index (κ1) is 21.0. The van der Waals surface area contributed by atoms with Crippen LogP contribution >= 0.6 is 27.7 Å². The number of nitrogens with one attached hydrogen (secondary N) is 2. The molecule has 0 spiro atoms. The van der Waals surface area contributed by atoms with E-state index in [-0.39, 0.29) is 23.6 Å². The Morgan fingerprint density at radius 1 is 1.21 bits per heavy atom. The van der Waals surface area contributed by atoms with Gasteiger partial charge in [0.2, 0.25) is 17.0 Å². The van der Waals surface area contributed by atoms with Gasteiger partial charge in [-0.05, 0) is 53.2 Å². The Kier molecular flexibility index (Phi) is 6.99. The lowest BCUT2D eigenvalue weighted by Crippen LogP contribution is -2.28. The van der Waals surface area contributed by atoms with Gasteiger partial charge >= 0.3 is 0 Å². The summed E-state index contributed by atoms with van der Waals surface area (Å²) in [5.74, 6) is -0.107. The van der Waals surface area contributed by atoms with Crippen LogP contribution in [0.5, 0.6) is 0 Å². The molecular formula is C19H19BrN6O2S. The van der Waals surface area contributed by atoms with Crippen LogP contribution in [-0.4, -0.2) is 37.8 Å². The number of nitrogens with zero attached hydrogens (tertiary/aromatic N) is 4. The Morgan fingerprint density at radius 2 is 1.97 bits per heavy atom. The van der Waals surface area contributed by atoms with E-state index in [2.05, 4.69) is 42.1 Å². The van der Waals surface area contributed by atoms with Crippen LogP contribution in [0, 0.1) is 0 Å². The average molecular weight is 475 g/mol. The normalized spacial score (nSPS) is 11.7. The quantitative estimate of drug-likeness (QED) is 0.509. The molecule has 2 aromatic carbocycles. The van der Waals surface area contributed by atoms with Gasteiger partial charge in [0.05, 0.1) is 17.5 Å². The van der Waals surface area contributed by atoms with Gasteiger partial charge < -0.3 is 10.6 Å². The minimum absolute atomic E-state index is 0.110. The molecule has 0 saturated heterocycles. The number of halogens is 1. The maximum Gasteiger partial charge on any atom is 0.230 e. The fraction of sp³-hybridized carbons (Fsp3) is 0.211. The number of benzene rings is 2. The second-order valence-electron chi connectivity index (χ2n) is 6.23. The second-order valence-corrected chi connectivity index (χ2v) is 8.09. The van der Waals surface area contributed by atoms with Crippen molar-refractivity contribution in [3.05, 3.63) is 58.6 Å². The molecule has 150 valence electrons. The summed E-state index contributed by atoms with van der Waals surface area (Å²) in [5.41, 5.74) is 2.35. The third kappa shape index (κ3) is 5.88. The molecule has 1 atom stereocenters. The van der Waals surface area contributed by atoms with Crippen molar-refractivity contribution in [2.24, 2.45) is 0 Å². The molecule has 1 aromatic heterocycles. The molecule has 10 heteroatoms. The second kappa shape index (κ2) is 9.66. The van der Waals surface area contributed by atoms with E-state index in [1.807, 2.05) is 37.3 Å². The molecule has 1 heterocycles. The number of carbonyl (C=O) groups is 2. The SMILES string of the molecule is CC(=O)Nc1cccc(-n2nnnc2SCC(=O)NC(C)c2ccc(Br)cc2)c1. The summed E-state index contributed by atoms with van der Waals surface area (Å²) in [6.07, 6.45) is 0. The highest BCUT2D eigenvalue weighted by Crippen LogP contribution is 2.21. The fourth-order valence-corrected chi connectivity index (χ4v) is 3.56. The Balaban J connectivity index is 1.62. The van der Waals surface area contributed by atoms with Gasteiger partial charge in [-0.3, -0.25) is 9.59 Å². The highest BCUT2D eigenvalue weighted by Gasteiger charge is 2.14. The summed E-state index contributed by atoms with van der Waals surface area (Å²) in [7, 11) is 0. The van der Waals surface area contributed by atoms with E-state index in [0.717, 1.165) is 10.0 Å². The summed E-state index contributed by atoms with van der Waals surface area (Å²) in [5, 5.41) is 17.9. The number of tetrazole rings is 1. The topological polar surface area (TPSA) is 102 Å². The van der Waals surface area contributed by atoms with Crippen LogP contribution in [0.25, 0.3) is 5.69 Å². The molecule has 0 radical (unpaired) electrons. The first-order chi connectivity index (χ1) is 13.9. The molecule has 0 fully saturated rings. The summed E-state index contributed by atoms with van der Waals surface area (Å²) >= 11 is 4.64. The monoisotopic (exact) mass is 474 g/mol. The van der Waals surface area contributed by atoms with Crippen LogP contribution in [0.1, 0.15) is 25.5 Å². The molecule has 0 saturated carbocycles. The Labute approximate surface area is 180 Å². The number of amides is 2. The molecule has 0 bridgehead atoms. The van der Waals surface area contributed by atoms with Crippen LogP contribution in [0.3, 0.4) is 0 Å². The Morgan fingerprint density at radius 3 is 2.69 bits per heavy atom. The molecule has 3 aromatic rings. The van der Waals surface area contributed by atoms with Gasteiger partial charge in [0.25, 0.3) is 0 Å². The number of anilines is 1. The van der Waals surface area contributed by atoms with Gasteiger partial charge in [-0.2, -0.15) is 4.68 Å². The Hall–Kier alpha value is -2.72. The van der Waals surface area contributed by atoms with Crippen LogP contribution in [0.15, 0.2) is 58.2 Å². The highest BCUT2D eigenvalue weighted by atomic mass is 79.9. The number of carbonyl (C=O) groups excluding carboxylic acids is 2. The predicted octanol–water partition coefficient (Wildman–Crippen LogP) is 3.35. The van der Waals surface area contributed by atoms with Crippen LogP contribution in [-0.2, 0) is 9.59 Å². The molecule has 3 rings (SSSR count). The van der Waals surface area contributed by atoms with Crippen molar-refractivity contribution in [1.82, 2.24) is 25.5 Å². The molecule has 0 aliphatic carbocycles. The third-order valence-corrected chi connectivity index (χ3v) is 5.38. The van der Waals surface area contributed by atoms with Gasteiger partial charge in [0, 0.05) is 17.1 Å². The number of hydrogen-bond donors (Lipinski definition) is 2. The molecule has 1 unspecified atom stereocenters. The van der Waals surface area contributed by atoms with Crippen molar-refractivity contribution in [2.75, 3.05) is 11.1 Å². The maximum atomic E-state index is 12.3. The van der Waals surface area contributed by atoms with E-state index in [0.29, 0.717) is 16.5 Å². The van der Waals surface area contributed by atoms with E-state index in [1.54, 1.807) is 18.2 Å².